The minimum atomic E-state index is -0.120. The van der Waals surface area contributed by atoms with Crippen molar-refractivity contribution in [2.45, 2.75) is 37.0 Å². The molecular weight excluding hydrogens is 248 g/mol. The van der Waals surface area contributed by atoms with Gasteiger partial charge in [0.1, 0.15) is 0 Å². The molecule has 0 fully saturated rings. The summed E-state index contributed by atoms with van der Waals surface area (Å²) in [4.78, 5) is 24.4. The van der Waals surface area contributed by atoms with Crippen LogP contribution in [0.4, 0.5) is 5.69 Å². The molecule has 2 N–H and O–H groups in total. The molecule has 1 atom stereocenters. The van der Waals surface area contributed by atoms with Crippen LogP contribution in [0.15, 0.2) is 23.1 Å². The highest BCUT2D eigenvalue weighted by Gasteiger charge is 2.23. The van der Waals surface area contributed by atoms with Gasteiger partial charge in [-0.15, -0.1) is 11.8 Å². The van der Waals surface area contributed by atoms with Crippen LogP contribution in [0, 0.1) is 0 Å². The third-order valence-electron chi connectivity index (χ3n) is 2.59. The lowest BCUT2D eigenvalue weighted by molar-refractivity contribution is -0.115. The number of benzene rings is 1. The van der Waals surface area contributed by atoms with Gasteiger partial charge >= 0.3 is 0 Å². The van der Waals surface area contributed by atoms with E-state index in [2.05, 4.69) is 10.6 Å². The maximum Gasteiger partial charge on any atom is 0.251 e. The van der Waals surface area contributed by atoms with Gasteiger partial charge in [0, 0.05) is 16.5 Å². The minimum absolute atomic E-state index is 0.0195. The zero-order chi connectivity index (χ0) is 13.3. The zero-order valence-corrected chi connectivity index (χ0v) is 11.4. The molecule has 0 aromatic heterocycles. The van der Waals surface area contributed by atoms with Crippen molar-refractivity contribution in [1.29, 1.82) is 0 Å². The molecule has 1 aromatic carbocycles. The van der Waals surface area contributed by atoms with Crippen LogP contribution in [0.5, 0.6) is 0 Å². The topological polar surface area (TPSA) is 58.2 Å². The zero-order valence-electron chi connectivity index (χ0n) is 10.6. The van der Waals surface area contributed by atoms with Crippen molar-refractivity contribution in [2.75, 3.05) is 5.32 Å². The number of hydrogen-bond acceptors (Lipinski definition) is 3. The highest BCUT2D eigenvalue weighted by atomic mass is 32.2. The Morgan fingerprint density at radius 3 is 2.83 bits per heavy atom. The first-order chi connectivity index (χ1) is 8.47. The minimum Gasteiger partial charge on any atom is -0.350 e. The number of nitrogens with one attached hydrogen (secondary N) is 2. The molecule has 0 saturated heterocycles. The van der Waals surface area contributed by atoms with E-state index in [4.69, 9.17) is 0 Å². The van der Waals surface area contributed by atoms with Gasteiger partial charge in [0.05, 0.1) is 10.9 Å². The summed E-state index contributed by atoms with van der Waals surface area (Å²) in [5, 5.41) is 5.56. The van der Waals surface area contributed by atoms with E-state index in [9.17, 15) is 9.59 Å². The Balaban J connectivity index is 2.25. The highest BCUT2D eigenvalue weighted by molar-refractivity contribution is 8.00. The second kappa shape index (κ2) is 5.02. The summed E-state index contributed by atoms with van der Waals surface area (Å²) in [6, 6.07) is 5.49. The number of carbonyl (C=O) groups excluding carboxylic acids is 2. The van der Waals surface area contributed by atoms with Crippen LogP contribution in [-0.2, 0) is 4.79 Å². The first kappa shape index (κ1) is 13.0. The maximum atomic E-state index is 11.9. The molecule has 0 spiro atoms. The molecule has 2 amide bonds. The molecule has 96 valence electrons. The fourth-order valence-electron chi connectivity index (χ4n) is 1.70. The Kier molecular flexibility index (Phi) is 3.61. The molecule has 0 radical (unpaired) electrons. The number of fused-ring (bicyclic) bond motifs is 1. The SMILES string of the molecule is CC(C)NC(=O)c1ccc2c(c1)NC(=O)[C@H](C)S2. The first-order valence-electron chi connectivity index (χ1n) is 5.90. The average Bonchev–Trinajstić information content (AvgIpc) is 2.29. The molecule has 18 heavy (non-hydrogen) atoms. The number of thioether (sulfide) groups is 1. The monoisotopic (exact) mass is 264 g/mol. The second-order valence-corrected chi connectivity index (χ2v) is 5.97. The Morgan fingerprint density at radius 1 is 1.44 bits per heavy atom. The lowest BCUT2D eigenvalue weighted by Crippen LogP contribution is -2.31. The van der Waals surface area contributed by atoms with Crippen LogP contribution in [0.1, 0.15) is 31.1 Å². The van der Waals surface area contributed by atoms with E-state index in [1.165, 1.54) is 11.8 Å². The van der Waals surface area contributed by atoms with Crippen LogP contribution in [0.2, 0.25) is 0 Å². The van der Waals surface area contributed by atoms with Gasteiger partial charge in [0.15, 0.2) is 0 Å². The normalized spacial score (nSPS) is 18.2. The molecule has 1 aromatic rings. The van der Waals surface area contributed by atoms with Gasteiger partial charge in [-0.1, -0.05) is 0 Å². The van der Waals surface area contributed by atoms with E-state index in [1.54, 1.807) is 12.1 Å². The van der Waals surface area contributed by atoms with Gasteiger partial charge in [-0.05, 0) is 39.0 Å². The van der Waals surface area contributed by atoms with Gasteiger partial charge in [0.2, 0.25) is 5.91 Å². The summed E-state index contributed by atoms with van der Waals surface area (Å²) in [7, 11) is 0. The van der Waals surface area contributed by atoms with Crippen LogP contribution in [0.25, 0.3) is 0 Å². The predicted molar refractivity (Wildman–Crippen MR) is 73.0 cm³/mol. The Labute approximate surface area is 111 Å². The molecule has 1 aliphatic heterocycles. The molecule has 0 bridgehead atoms. The van der Waals surface area contributed by atoms with Gasteiger partial charge in [-0.3, -0.25) is 9.59 Å². The van der Waals surface area contributed by atoms with Crippen molar-refractivity contribution < 1.29 is 9.59 Å². The van der Waals surface area contributed by atoms with E-state index in [1.807, 2.05) is 26.8 Å². The van der Waals surface area contributed by atoms with Gasteiger partial charge < -0.3 is 10.6 Å². The maximum absolute atomic E-state index is 11.9. The molecular formula is C13H16N2O2S. The molecule has 0 unspecified atom stereocenters. The van der Waals surface area contributed by atoms with Crippen molar-refractivity contribution in [3.05, 3.63) is 23.8 Å². The smallest absolute Gasteiger partial charge is 0.251 e. The largest absolute Gasteiger partial charge is 0.350 e. The van der Waals surface area contributed by atoms with Crippen molar-refractivity contribution in [3.63, 3.8) is 0 Å². The summed E-state index contributed by atoms with van der Waals surface area (Å²) >= 11 is 1.51. The standard InChI is InChI=1S/C13H16N2O2S/c1-7(2)14-13(17)9-4-5-11-10(6-9)15-12(16)8(3)18-11/h4-8H,1-3H3,(H,14,17)(H,15,16)/t8-/m0/s1. The average molecular weight is 264 g/mol. The fourth-order valence-corrected chi connectivity index (χ4v) is 2.63. The molecule has 1 heterocycles. The summed E-state index contributed by atoms with van der Waals surface area (Å²) in [6.07, 6.45) is 0. The summed E-state index contributed by atoms with van der Waals surface area (Å²) in [5.74, 6) is -0.139. The summed E-state index contributed by atoms with van der Waals surface area (Å²) < 4.78 is 0. The van der Waals surface area contributed by atoms with Gasteiger partial charge in [-0.2, -0.15) is 0 Å². The molecule has 0 saturated carbocycles. The Bertz CT molecular complexity index is 500. The first-order valence-corrected chi connectivity index (χ1v) is 6.78. The second-order valence-electron chi connectivity index (χ2n) is 4.59. The number of carbonyl (C=O) groups is 2. The number of anilines is 1. The fraction of sp³-hybridized carbons (Fsp3) is 0.385. The van der Waals surface area contributed by atoms with Crippen molar-refractivity contribution in [1.82, 2.24) is 5.32 Å². The van der Waals surface area contributed by atoms with E-state index < -0.39 is 0 Å². The Morgan fingerprint density at radius 2 is 2.17 bits per heavy atom. The molecule has 1 aliphatic rings. The number of hydrogen-bond donors (Lipinski definition) is 2. The van der Waals surface area contributed by atoms with Crippen LogP contribution >= 0.6 is 11.8 Å². The van der Waals surface area contributed by atoms with Crippen molar-refractivity contribution in [2.24, 2.45) is 0 Å². The van der Waals surface area contributed by atoms with Crippen molar-refractivity contribution in [3.8, 4) is 0 Å². The lowest BCUT2D eigenvalue weighted by atomic mass is 10.1. The number of rotatable bonds is 2. The molecule has 5 heteroatoms. The van der Waals surface area contributed by atoms with E-state index in [0.717, 1.165) is 10.6 Å². The summed E-state index contributed by atoms with van der Waals surface area (Å²) in [5.41, 5.74) is 1.29. The molecule has 0 aliphatic carbocycles. The number of amides is 2. The lowest BCUT2D eigenvalue weighted by Gasteiger charge is -2.21. The third kappa shape index (κ3) is 2.67. The quantitative estimate of drug-likeness (QED) is 0.861. The summed E-state index contributed by atoms with van der Waals surface area (Å²) in [6.45, 7) is 5.69. The van der Waals surface area contributed by atoms with E-state index in [0.29, 0.717) is 5.56 Å². The highest BCUT2D eigenvalue weighted by Crippen LogP contribution is 2.35. The predicted octanol–water partition coefficient (Wildman–Crippen LogP) is 2.26. The van der Waals surface area contributed by atoms with Gasteiger partial charge in [0.25, 0.3) is 5.91 Å². The van der Waals surface area contributed by atoms with Crippen LogP contribution in [0.3, 0.4) is 0 Å². The molecule has 2 rings (SSSR count). The molecule has 4 nitrogen and oxygen atoms in total. The van der Waals surface area contributed by atoms with Crippen LogP contribution < -0.4 is 10.6 Å². The van der Waals surface area contributed by atoms with Crippen molar-refractivity contribution >= 4 is 29.3 Å². The Hall–Kier alpha value is -1.49. The van der Waals surface area contributed by atoms with Gasteiger partial charge in [-0.25, -0.2) is 0 Å². The van der Waals surface area contributed by atoms with E-state index >= 15 is 0 Å². The van der Waals surface area contributed by atoms with Crippen LogP contribution in [-0.4, -0.2) is 23.1 Å². The van der Waals surface area contributed by atoms with E-state index in [-0.39, 0.29) is 23.1 Å². The third-order valence-corrected chi connectivity index (χ3v) is 3.77.